The molecule has 0 spiro atoms. The first-order chi connectivity index (χ1) is 11.6. The Kier molecular flexibility index (Phi) is 5.08. The molecule has 0 saturated heterocycles. The Morgan fingerprint density at radius 2 is 2.08 bits per heavy atom. The average molecular weight is 393 g/mol. The van der Waals surface area contributed by atoms with Crippen molar-refractivity contribution in [1.82, 2.24) is 9.97 Å². The summed E-state index contributed by atoms with van der Waals surface area (Å²) < 4.78 is 1.31. The van der Waals surface area contributed by atoms with Crippen LogP contribution in [-0.2, 0) is 16.6 Å². The van der Waals surface area contributed by atoms with Crippen molar-refractivity contribution in [3.8, 4) is 11.3 Å². The maximum atomic E-state index is 12.2. The first-order valence-corrected chi connectivity index (χ1v) is 11.4. The zero-order valence-electron chi connectivity index (χ0n) is 15.6. The van der Waals surface area contributed by atoms with Crippen LogP contribution < -0.4 is 0 Å². The largest absolute Gasteiger partial charge is 0.298 e. The van der Waals surface area contributed by atoms with E-state index >= 15 is 0 Å². The number of carbonyl (C=O) groups is 1. The van der Waals surface area contributed by atoms with Crippen molar-refractivity contribution in [2.45, 2.75) is 55.8 Å². The number of Topliss-reactive ketones (excluding diaryl/α,β-unsaturated/α-hetero) is 1. The van der Waals surface area contributed by atoms with Crippen LogP contribution in [0.15, 0.2) is 20.9 Å². The van der Waals surface area contributed by atoms with Gasteiger partial charge in [0.25, 0.3) is 0 Å². The fourth-order valence-corrected chi connectivity index (χ4v) is 5.68. The molecule has 0 fully saturated rings. The van der Waals surface area contributed by atoms with Gasteiger partial charge in [-0.2, -0.15) is 0 Å². The number of hydrogen-bond acceptors (Lipinski definition) is 6. The van der Waals surface area contributed by atoms with Gasteiger partial charge in [-0.15, -0.1) is 23.1 Å². The molecule has 6 heteroatoms. The molecule has 134 valence electrons. The topological polar surface area (TPSA) is 42.9 Å². The molecule has 1 aliphatic carbocycles. The van der Waals surface area contributed by atoms with Gasteiger partial charge in [-0.25, -0.2) is 9.97 Å². The lowest BCUT2D eigenvalue weighted by molar-refractivity contribution is -0.123. The second-order valence-corrected chi connectivity index (χ2v) is 11.0. The van der Waals surface area contributed by atoms with Crippen LogP contribution in [0.25, 0.3) is 11.3 Å². The van der Waals surface area contributed by atoms with Gasteiger partial charge in [0.15, 0.2) is 5.16 Å². The number of aromatic nitrogens is 2. The normalized spacial score (nSPS) is 15.6. The lowest BCUT2D eigenvalue weighted by Gasteiger charge is -2.32. The molecule has 0 bridgehead atoms. The number of thioether (sulfide) groups is 2. The molecular formula is C19H24N2OS3. The third kappa shape index (κ3) is 3.67. The predicted octanol–water partition coefficient (Wildman–Crippen LogP) is 5.47. The average Bonchev–Trinajstić information content (AvgIpc) is 2.93. The van der Waals surface area contributed by atoms with Crippen LogP contribution in [0.5, 0.6) is 0 Å². The lowest BCUT2D eigenvalue weighted by Crippen LogP contribution is -2.26. The van der Waals surface area contributed by atoms with Crippen LogP contribution in [0.3, 0.4) is 0 Å². The Morgan fingerprint density at radius 3 is 2.72 bits per heavy atom. The zero-order valence-corrected chi connectivity index (χ0v) is 18.0. The van der Waals surface area contributed by atoms with E-state index in [1.54, 1.807) is 23.1 Å². The van der Waals surface area contributed by atoms with Gasteiger partial charge in [0, 0.05) is 22.7 Å². The predicted molar refractivity (Wildman–Crippen MR) is 109 cm³/mol. The number of nitrogens with zero attached hydrogens (tertiary/aromatic N) is 2. The quantitative estimate of drug-likeness (QED) is 0.510. The number of ketones is 1. The Bertz CT molecular complexity index is 819. The SMILES string of the molecule is CSc1scc2c1-c1nc(SCC(=O)C(C)(C)C)ncc1C(C)(C)C2. The van der Waals surface area contributed by atoms with Crippen LogP contribution in [0.2, 0.25) is 0 Å². The molecule has 0 N–H and O–H groups in total. The Hall–Kier alpha value is -0.850. The summed E-state index contributed by atoms with van der Waals surface area (Å²) in [7, 11) is 0. The van der Waals surface area contributed by atoms with Crippen LogP contribution in [0, 0.1) is 5.41 Å². The molecule has 0 unspecified atom stereocenters. The molecule has 3 nitrogen and oxygen atoms in total. The summed E-state index contributed by atoms with van der Waals surface area (Å²) in [6.07, 6.45) is 5.10. The molecule has 0 saturated carbocycles. The van der Waals surface area contributed by atoms with Gasteiger partial charge in [-0.1, -0.05) is 46.4 Å². The second-order valence-electron chi connectivity index (χ2n) is 8.06. The maximum Gasteiger partial charge on any atom is 0.188 e. The van der Waals surface area contributed by atoms with Crippen LogP contribution >= 0.6 is 34.9 Å². The smallest absolute Gasteiger partial charge is 0.188 e. The van der Waals surface area contributed by atoms with Crippen LogP contribution in [-0.4, -0.2) is 27.8 Å². The standard InChI is InChI=1S/C19H24N2OS3/c1-18(2,3)13(22)10-25-17-20-8-12-15(21-17)14-11(7-19(12,4)5)9-24-16(14)23-6/h8-9H,7,10H2,1-6H3. The first-order valence-electron chi connectivity index (χ1n) is 8.32. The molecule has 2 aromatic rings. The monoisotopic (exact) mass is 392 g/mol. The van der Waals surface area contributed by atoms with Gasteiger partial charge in [0.05, 0.1) is 15.7 Å². The molecular weight excluding hydrogens is 368 g/mol. The minimum absolute atomic E-state index is 0.0313. The highest BCUT2D eigenvalue weighted by Crippen LogP contribution is 2.48. The van der Waals surface area contributed by atoms with E-state index in [-0.39, 0.29) is 16.6 Å². The molecule has 0 aromatic carbocycles. The molecule has 0 atom stereocenters. The van der Waals surface area contributed by atoms with E-state index in [0.29, 0.717) is 10.9 Å². The minimum Gasteiger partial charge on any atom is -0.298 e. The summed E-state index contributed by atoms with van der Waals surface area (Å²) in [6, 6.07) is 0. The van der Waals surface area contributed by atoms with Gasteiger partial charge < -0.3 is 0 Å². The number of carbonyl (C=O) groups excluding carboxylic acids is 1. The van der Waals surface area contributed by atoms with Crippen molar-refractivity contribution < 1.29 is 4.79 Å². The van der Waals surface area contributed by atoms with Crippen molar-refractivity contribution in [2.75, 3.05) is 12.0 Å². The molecule has 1 aliphatic rings. The fraction of sp³-hybridized carbons (Fsp3) is 0.526. The fourth-order valence-electron chi connectivity index (χ4n) is 2.94. The van der Waals surface area contributed by atoms with Crippen LogP contribution in [0.4, 0.5) is 0 Å². The number of rotatable bonds is 4. The summed E-state index contributed by atoms with van der Waals surface area (Å²) in [4.78, 5) is 21.6. The number of hydrogen-bond donors (Lipinski definition) is 0. The third-order valence-corrected chi connectivity index (χ3v) is 7.60. The summed E-state index contributed by atoms with van der Waals surface area (Å²) in [6.45, 7) is 10.4. The summed E-state index contributed by atoms with van der Waals surface area (Å²) in [5.41, 5.74) is 4.63. The van der Waals surface area contributed by atoms with E-state index in [0.717, 1.165) is 12.1 Å². The Labute approximate surface area is 162 Å². The molecule has 3 rings (SSSR count). The molecule has 2 aromatic heterocycles. The third-order valence-electron chi connectivity index (χ3n) is 4.55. The second kappa shape index (κ2) is 6.71. The number of thiophene rings is 1. The van der Waals surface area contributed by atoms with E-state index in [2.05, 4.69) is 30.5 Å². The Morgan fingerprint density at radius 1 is 1.36 bits per heavy atom. The molecule has 0 amide bonds. The first kappa shape index (κ1) is 18.9. The van der Waals surface area contributed by atoms with E-state index in [1.807, 2.05) is 27.0 Å². The summed E-state index contributed by atoms with van der Waals surface area (Å²) >= 11 is 5.02. The van der Waals surface area contributed by atoms with E-state index < -0.39 is 0 Å². The van der Waals surface area contributed by atoms with Gasteiger partial charge in [-0.05, 0) is 29.0 Å². The maximum absolute atomic E-state index is 12.2. The Balaban J connectivity index is 1.97. The van der Waals surface area contributed by atoms with Crippen molar-refractivity contribution in [2.24, 2.45) is 5.41 Å². The van der Waals surface area contributed by atoms with Crippen molar-refractivity contribution in [3.05, 3.63) is 22.7 Å². The highest BCUT2D eigenvalue weighted by Gasteiger charge is 2.35. The molecule has 25 heavy (non-hydrogen) atoms. The van der Waals surface area contributed by atoms with Crippen molar-refractivity contribution in [3.63, 3.8) is 0 Å². The molecule has 2 heterocycles. The lowest BCUT2D eigenvalue weighted by atomic mass is 9.74. The van der Waals surface area contributed by atoms with E-state index in [4.69, 9.17) is 4.98 Å². The minimum atomic E-state index is -0.324. The highest BCUT2D eigenvalue weighted by molar-refractivity contribution is 8.00. The molecule has 0 aliphatic heterocycles. The summed E-state index contributed by atoms with van der Waals surface area (Å²) in [5, 5.41) is 2.96. The zero-order chi connectivity index (χ0) is 18.4. The molecule has 0 radical (unpaired) electrons. The summed E-state index contributed by atoms with van der Waals surface area (Å²) in [5.74, 6) is 0.637. The van der Waals surface area contributed by atoms with Gasteiger partial charge in [-0.3, -0.25) is 4.79 Å². The number of fused-ring (bicyclic) bond motifs is 3. The van der Waals surface area contributed by atoms with E-state index in [9.17, 15) is 4.79 Å². The van der Waals surface area contributed by atoms with Gasteiger partial charge in [0.2, 0.25) is 0 Å². The van der Waals surface area contributed by atoms with Crippen LogP contribution in [0.1, 0.15) is 45.7 Å². The van der Waals surface area contributed by atoms with Crippen molar-refractivity contribution in [1.29, 1.82) is 0 Å². The highest BCUT2D eigenvalue weighted by atomic mass is 32.2. The van der Waals surface area contributed by atoms with Gasteiger partial charge >= 0.3 is 0 Å². The van der Waals surface area contributed by atoms with Crippen molar-refractivity contribution >= 4 is 40.6 Å². The van der Waals surface area contributed by atoms with E-state index in [1.165, 1.54) is 32.7 Å². The van der Waals surface area contributed by atoms with Gasteiger partial charge in [0.1, 0.15) is 5.78 Å².